The Morgan fingerprint density at radius 1 is 1.08 bits per heavy atom. The van der Waals surface area contributed by atoms with E-state index in [0.717, 1.165) is 48.3 Å². The zero-order valence-electron chi connectivity index (χ0n) is 21.4. The molecule has 1 fully saturated rings. The lowest BCUT2D eigenvalue weighted by Crippen LogP contribution is -2.43. The normalized spacial score (nSPS) is 18.9. The number of aromatic nitrogens is 2. The van der Waals surface area contributed by atoms with E-state index in [-0.39, 0.29) is 23.6 Å². The number of amides is 2. The van der Waals surface area contributed by atoms with E-state index >= 15 is 0 Å². The Balaban J connectivity index is 1.34. The molecule has 5 rings (SSSR count). The Labute approximate surface area is 226 Å². The number of carbonyl (C=O) groups excluding carboxylic acids is 2. The van der Waals surface area contributed by atoms with E-state index in [1.807, 2.05) is 47.6 Å². The maximum absolute atomic E-state index is 13.1. The van der Waals surface area contributed by atoms with Gasteiger partial charge in [-0.1, -0.05) is 18.9 Å². The van der Waals surface area contributed by atoms with Gasteiger partial charge in [-0.3, -0.25) is 9.59 Å². The number of rotatable bonds is 7. The van der Waals surface area contributed by atoms with E-state index in [4.69, 9.17) is 11.5 Å². The largest absolute Gasteiger partial charge is 0.365 e. The first kappa shape index (κ1) is 26.0. The third kappa shape index (κ3) is 5.76. The van der Waals surface area contributed by atoms with Gasteiger partial charge in [-0.15, -0.1) is 11.8 Å². The van der Waals surface area contributed by atoms with Gasteiger partial charge in [0.2, 0.25) is 5.95 Å². The van der Waals surface area contributed by atoms with Crippen molar-refractivity contribution in [2.24, 2.45) is 11.5 Å². The zero-order valence-corrected chi connectivity index (χ0v) is 22.3. The average molecular weight is 532 g/mol. The first-order valence-electron chi connectivity index (χ1n) is 12.9. The van der Waals surface area contributed by atoms with Gasteiger partial charge in [-0.25, -0.2) is 4.98 Å². The number of anilines is 3. The number of thioether (sulfide) groups is 1. The predicted molar refractivity (Wildman–Crippen MR) is 151 cm³/mol. The number of carbonyl (C=O) groups is 2. The molecule has 10 heteroatoms. The predicted octanol–water partition coefficient (Wildman–Crippen LogP) is 3.92. The molecule has 6 N–H and O–H groups in total. The molecular formula is C28H33N7O2S. The molecule has 0 saturated heterocycles. The third-order valence-electron chi connectivity index (χ3n) is 7.29. The first-order chi connectivity index (χ1) is 18.4. The van der Waals surface area contributed by atoms with Crippen molar-refractivity contribution in [1.82, 2.24) is 14.9 Å². The number of benzene rings is 2. The van der Waals surface area contributed by atoms with Crippen molar-refractivity contribution >= 4 is 41.0 Å². The van der Waals surface area contributed by atoms with Gasteiger partial charge in [0.1, 0.15) is 11.4 Å². The van der Waals surface area contributed by atoms with Crippen LogP contribution in [-0.2, 0) is 13.0 Å². The van der Waals surface area contributed by atoms with Crippen molar-refractivity contribution in [3.05, 3.63) is 70.9 Å². The van der Waals surface area contributed by atoms with E-state index in [1.54, 1.807) is 11.8 Å². The molecule has 2 unspecified atom stereocenters. The van der Waals surface area contributed by atoms with Crippen molar-refractivity contribution in [3.63, 3.8) is 0 Å². The van der Waals surface area contributed by atoms with Crippen molar-refractivity contribution in [1.29, 1.82) is 0 Å². The number of nitrogens with two attached hydrogens (primary N) is 2. The van der Waals surface area contributed by atoms with Crippen LogP contribution in [0.15, 0.2) is 53.6 Å². The number of fused-ring (bicyclic) bond motifs is 1. The third-order valence-corrected chi connectivity index (χ3v) is 8.04. The minimum Gasteiger partial charge on any atom is -0.365 e. The Morgan fingerprint density at radius 2 is 1.87 bits per heavy atom. The van der Waals surface area contributed by atoms with Crippen LogP contribution in [-0.4, -0.2) is 51.6 Å². The highest BCUT2D eigenvalue weighted by molar-refractivity contribution is 7.98. The molecule has 2 aliphatic rings. The molecule has 2 atom stereocenters. The molecule has 1 aliphatic heterocycles. The van der Waals surface area contributed by atoms with Gasteiger partial charge in [0.25, 0.3) is 11.8 Å². The summed E-state index contributed by atoms with van der Waals surface area (Å²) in [6, 6.07) is 13.8. The van der Waals surface area contributed by atoms with Crippen LogP contribution in [0.25, 0.3) is 0 Å². The van der Waals surface area contributed by atoms with Crippen molar-refractivity contribution in [2.45, 2.75) is 55.6 Å². The molecule has 1 saturated carbocycles. The number of hydrogen-bond donors (Lipinski definition) is 4. The molecule has 0 radical (unpaired) electrons. The van der Waals surface area contributed by atoms with E-state index in [2.05, 4.69) is 26.7 Å². The molecule has 2 heterocycles. The number of nitrogens with one attached hydrogen (secondary N) is 2. The highest BCUT2D eigenvalue weighted by Gasteiger charge is 2.24. The van der Waals surface area contributed by atoms with Crippen LogP contribution in [0.3, 0.4) is 0 Å². The maximum atomic E-state index is 13.1. The lowest BCUT2D eigenvalue weighted by molar-refractivity contribution is 0.0734. The van der Waals surface area contributed by atoms with Gasteiger partial charge in [0, 0.05) is 47.5 Å². The van der Waals surface area contributed by atoms with Gasteiger partial charge in [0.15, 0.2) is 0 Å². The monoisotopic (exact) mass is 531 g/mol. The van der Waals surface area contributed by atoms with Crippen molar-refractivity contribution in [2.75, 3.05) is 23.4 Å². The summed E-state index contributed by atoms with van der Waals surface area (Å²) in [5, 5.41) is 6.58. The SMILES string of the molecule is CSc1ccc(C(=O)N2CCc3ccc(Nc4nc(NC5CCCCC5N)ncc4C(N)=O)cc3C2)cc1. The summed E-state index contributed by atoms with van der Waals surface area (Å²) >= 11 is 1.65. The first-order valence-corrected chi connectivity index (χ1v) is 14.1. The Kier molecular flexibility index (Phi) is 7.80. The Bertz CT molecular complexity index is 1330. The topological polar surface area (TPSA) is 139 Å². The second-order valence-corrected chi connectivity index (χ2v) is 10.7. The van der Waals surface area contributed by atoms with Crippen molar-refractivity contribution in [3.8, 4) is 0 Å². The van der Waals surface area contributed by atoms with Gasteiger partial charge in [0.05, 0.1) is 0 Å². The molecule has 0 spiro atoms. The minimum atomic E-state index is -0.615. The molecule has 0 bridgehead atoms. The number of hydrogen-bond acceptors (Lipinski definition) is 8. The van der Waals surface area contributed by atoms with Gasteiger partial charge in [-0.2, -0.15) is 4.98 Å². The summed E-state index contributed by atoms with van der Waals surface area (Å²) in [5.41, 5.74) is 15.8. The summed E-state index contributed by atoms with van der Waals surface area (Å²) in [6.45, 7) is 1.17. The maximum Gasteiger partial charge on any atom is 0.254 e. The molecule has 198 valence electrons. The fraction of sp³-hybridized carbons (Fsp3) is 0.357. The van der Waals surface area contributed by atoms with Crippen molar-refractivity contribution < 1.29 is 9.59 Å². The second-order valence-electron chi connectivity index (χ2n) is 9.83. The van der Waals surface area contributed by atoms with Crippen LogP contribution in [0.1, 0.15) is 57.5 Å². The molecule has 38 heavy (non-hydrogen) atoms. The lowest BCUT2D eigenvalue weighted by Gasteiger charge is -2.30. The van der Waals surface area contributed by atoms with E-state index < -0.39 is 5.91 Å². The minimum absolute atomic E-state index is 0.0186. The van der Waals surface area contributed by atoms with Crippen LogP contribution < -0.4 is 22.1 Å². The van der Waals surface area contributed by atoms with Crippen LogP contribution in [0, 0.1) is 0 Å². The van der Waals surface area contributed by atoms with Crippen LogP contribution in [0.4, 0.5) is 17.5 Å². The number of nitrogens with zero attached hydrogens (tertiary/aromatic N) is 3. The molecule has 1 aromatic heterocycles. The van der Waals surface area contributed by atoms with E-state index in [1.165, 1.54) is 11.8 Å². The summed E-state index contributed by atoms with van der Waals surface area (Å²) in [4.78, 5) is 37.1. The summed E-state index contributed by atoms with van der Waals surface area (Å²) in [6.07, 6.45) is 8.37. The quantitative estimate of drug-likeness (QED) is 0.337. The van der Waals surface area contributed by atoms with Crippen LogP contribution >= 0.6 is 11.8 Å². The molecule has 3 aromatic rings. The van der Waals surface area contributed by atoms with E-state index in [0.29, 0.717) is 30.4 Å². The Morgan fingerprint density at radius 3 is 2.61 bits per heavy atom. The molecule has 9 nitrogen and oxygen atoms in total. The summed E-state index contributed by atoms with van der Waals surface area (Å²) in [5.74, 6) is 0.139. The average Bonchev–Trinajstić information content (AvgIpc) is 2.93. The molecular weight excluding hydrogens is 498 g/mol. The highest BCUT2D eigenvalue weighted by atomic mass is 32.2. The van der Waals surface area contributed by atoms with Gasteiger partial charge in [-0.05, 0) is 73.0 Å². The summed E-state index contributed by atoms with van der Waals surface area (Å²) < 4.78 is 0. The second kappa shape index (κ2) is 11.4. The standard InChI is InChI=1S/C28H33N7O2S/c1-38-21-10-7-18(8-11-21)27(37)35-13-12-17-6-9-20(14-19(17)16-35)32-26-22(25(30)36)15-31-28(34-26)33-24-5-3-2-4-23(24)29/h6-11,14-15,23-24H,2-5,12-13,16,29H2,1H3,(H2,30,36)(H2,31,32,33,34). The van der Waals surface area contributed by atoms with E-state index in [9.17, 15) is 9.59 Å². The molecule has 2 amide bonds. The molecule has 2 aromatic carbocycles. The Hall–Kier alpha value is -3.63. The number of primary amides is 1. The summed E-state index contributed by atoms with van der Waals surface area (Å²) in [7, 11) is 0. The molecule has 1 aliphatic carbocycles. The van der Waals surface area contributed by atoms with Crippen LogP contribution in [0.5, 0.6) is 0 Å². The fourth-order valence-electron chi connectivity index (χ4n) is 5.09. The van der Waals surface area contributed by atoms with Gasteiger partial charge < -0.3 is 27.0 Å². The van der Waals surface area contributed by atoms with Gasteiger partial charge >= 0.3 is 0 Å². The lowest BCUT2D eigenvalue weighted by atomic mass is 9.91. The fourth-order valence-corrected chi connectivity index (χ4v) is 5.50. The van der Waals surface area contributed by atoms with Crippen LogP contribution in [0.2, 0.25) is 0 Å². The highest BCUT2D eigenvalue weighted by Crippen LogP contribution is 2.28. The smallest absolute Gasteiger partial charge is 0.254 e. The zero-order chi connectivity index (χ0) is 26.6.